The van der Waals surface area contributed by atoms with Crippen LogP contribution >= 0.6 is 11.6 Å². The fourth-order valence-electron chi connectivity index (χ4n) is 4.01. The summed E-state index contributed by atoms with van der Waals surface area (Å²) in [5.41, 5.74) is 3.22. The third kappa shape index (κ3) is 5.71. The largest absolute Gasteiger partial charge is 0.478 e. The first-order valence-electron chi connectivity index (χ1n) is 11.4. The van der Waals surface area contributed by atoms with E-state index in [9.17, 15) is 4.79 Å². The number of benzene rings is 2. The Kier molecular flexibility index (Phi) is 7.39. The molecule has 4 heterocycles. The molecule has 3 aromatic rings. The summed E-state index contributed by atoms with van der Waals surface area (Å²) in [6.45, 7) is 4.84. The molecule has 180 valence electrons. The van der Waals surface area contributed by atoms with E-state index in [1.807, 2.05) is 36.4 Å². The van der Waals surface area contributed by atoms with Gasteiger partial charge in [-0.05, 0) is 48.0 Å². The van der Waals surface area contributed by atoms with Crippen LogP contribution in [0.1, 0.15) is 27.2 Å². The van der Waals surface area contributed by atoms with Crippen molar-refractivity contribution >= 4 is 23.5 Å². The average molecular weight is 493 g/mol. The SMILES string of the molecule is C1COCCO1.O=C1/C(=C/c2cccc(Cl)c2)Oc2c1ccc1c2CN(Cc2ccccn2)CO1. The number of ketones is 1. The van der Waals surface area contributed by atoms with Crippen LogP contribution in [-0.4, -0.2) is 48.8 Å². The molecule has 0 spiro atoms. The Morgan fingerprint density at radius 1 is 1.00 bits per heavy atom. The van der Waals surface area contributed by atoms with Gasteiger partial charge in [-0.3, -0.25) is 14.7 Å². The van der Waals surface area contributed by atoms with Crippen molar-refractivity contribution in [2.24, 2.45) is 0 Å². The van der Waals surface area contributed by atoms with Crippen molar-refractivity contribution in [1.82, 2.24) is 9.88 Å². The highest BCUT2D eigenvalue weighted by molar-refractivity contribution is 6.30. The Bertz CT molecular complexity index is 1220. The minimum Gasteiger partial charge on any atom is -0.478 e. The van der Waals surface area contributed by atoms with Crippen LogP contribution in [0.15, 0.2) is 66.6 Å². The van der Waals surface area contributed by atoms with Gasteiger partial charge in [0.25, 0.3) is 0 Å². The summed E-state index contributed by atoms with van der Waals surface area (Å²) in [5, 5.41) is 0.609. The molecule has 2 aromatic carbocycles. The van der Waals surface area contributed by atoms with Gasteiger partial charge in [-0.25, -0.2) is 0 Å². The molecule has 3 aliphatic rings. The van der Waals surface area contributed by atoms with Gasteiger partial charge >= 0.3 is 0 Å². The highest BCUT2D eigenvalue weighted by atomic mass is 35.5. The number of aromatic nitrogens is 1. The van der Waals surface area contributed by atoms with Gasteiger partial charge in [0.15, 0.2) is 5.76 Å². The Labute approximate surface area is 208 Å². The van der Waals surface area contributed by atoms with E-state index in [-0.39, 0.29) is 11.5 Å². The number of hydrogen-bond donors (Lipinski definition) is 0. The summed E-state index contributed by atoms with van der Waals surface area (Å²) in [4.78, 5) is 19.4. The third-order valence-corrected chi connectivity index (χ3v) is 5.92. The standard InChI is InChI=1S/C23H17ClN2O3.C4H8O2/c24-16-5-3-4-15(10-16)11-21-22(27)18-7-8-20-19(23(18)29-21)13-26(14-28-20)12-17-6-1-2-9-25-17;1-2-6-4-3-5-1/h1-11H,12-14H2;1-4H2/b21-11-;. The van der Waals surface area contributed by atoms with E-state index in [0.717, 1.165) is 49.0 Å². The molecule has 35 heavy (non-hydrogen) atoms. The number of Topliss-reactive ketones (excluding diaryl/α,β-unsaturated/α-hetero) is 1. The molecule has 0 atom stereocenters. The molecule has 8 heteroatoms. The molecule has 0 radical (unpaired) electrons. The summed E-state index contributed by atoms with van der Waals surface area (Å²) in [7, 11) is 0. The summed E-state index contributed by atoms with van der Waals surface area (Å²) >= 11 is 6.05. The van der Waals surface area contributed by atoms with Gasteiger partial charge in [0.1, 0.15) is 18.2 Å². The fourth-order valence-corrected chi connectivity index (χ4v) is 4.21. The highest BCUT2D eigenvalue weighted by Crippen LogP contribution is 2.42. The second-order valence-corrected chi connectivity index (χ2v) is 8.66. The van der Waals surface area contributed by atoms with E-state index in [1.165, 1.54) is 0 Å². The van der Waals surface area contributed by atoms with Crippen LogP contribution in [0.4, 0.5) is 0 Å². The molecule has 1 aromatic heterocycles. The van der Waals surface area contributed by atoms with Gasteiger partial charge in [0.2, 0.25) is 5.78 Å². The molecule has 7 nitrogen and oxygen atoms in total. The number of rotatable bonds is 3. The topological polar surface area (TPSA) is 70.1 Å². The van der Waals surface area contributed by atoms with Crippen molar-refractivity contribution in [3.05, 3.63) is 94.0 Å². The van der Waals surface area contributed by atoms with E-state index < -0.39 is 0 Å². The van der Waals surface area contributed by atoms with Gasteiger partial charge in [0.05, 0.1) is 43.2 Å². The van der Waals surface area contributed by atoms with Crippen LogP contribution in [-0.2, 0) is 22.6 Å². The van der Waals surface area contributed by atoms with Gasteiger partial charge in [-0.2, -0.15) is 0 Å². The van der Waals surface area contributed by atoms with Crippen molar-refractivity contribution in [3.63, 3.8) is 0 Å². The number of carbonyl (C=O) groups is 1. The molecule has 1 fully saturated rings. The van der Waals surface area contributed by atoms with Crippen LogP contribution in [0.5, 0.6) is 11.5 Å². The van der Waals surface area contributed by atoms with Gasteiger partial charge in [-0.1, -0.05) is 29.8 Å². The molecule has 0 unspecified atom stereocenters. The van der Waals surface area contributed by atoms with E-state index >= 15 is 0 Å². The van der Waals surface area contributed by atoms with Crippen LogP contribution in [0, 0.1) is 0 Å². The number of halogens is 1. The summed E-state index contributed by atoms with van der Waals surface area (Å²) in [6, 6.07) is 16.8. The molecule has 1 saturated heterocycles. The van der Waals surface area contributed by atoms with E-state index in [4.69, 9.17) is 30.5 Å². The lowest BCUT2D eigenvalue weighted by Gasteiger charge is -2.29. The number of allylic oxidation sites excluding steroid dienone is 1. The van der Waals surface area contributed by atoms with Crippen molar-refractivity contribution in [1.29, 1.82) is 0 Å². The Hall–Kier alpha value is -3.23. The number of hydrogen-bond acceptors (Lipinski definition) is 7. The lowest BCUT2D eigenvalue weighted by molar-refractivity contribution is -0.0334. The second-order valence-electron chi connectivity index (χ2n) is 8.22. The first kappa shape index (κ1) is 23.5. The van der Waals surface area contributed by atoms with Crippen LogP contribution in [0.25, 0.3) is 6.08 Å². The minimum atomic E-state index is -0.135. The fraction of sp³-hybridized carbons (Fsp3) is 0.259. The molecule has 0 amide bonds. The predicted octanol–water partition coefficient (Wildman–Crippen LogP) is 4.74. The van der Waals surface area contributed by atoms with Crippen molar-refractivity contribution in [3.8, 4) is 11.5 Å². The van der Waals surface area contributed by atoms with Crippen LogP contribution < -0.4 is 9.47 Å². The quantitative estimate of drug-likeness (QED) is 0.489. The predicted molar refractivity (Wildman–Crippen MR) is 131 cm³/mol. The Balaban J connectivity index is 0.000000371. The van der Waals surface area contributed by atoms with E-state index in [2.05, 4.69) is 9.88 Å². The molecule has 6 rings (SSSR count). The summed E-state index contributed by atoms with van der Waals surface area (Å²) < 4.78 is 21.8. The second kappa shape index (κ2) is 11.0. The summed E-state index contributed by atoms with van der Waals surface area (Å²) in [5.74, 6) is 1.48. The lowest BCUT2D eigenvalue weighted by atomic mass is 10.0. The molecule has 0 bridgehead atoms. The number of pyridine rings is 1. The van der Waals surface area contributed by atoms with Crippen molar-refractivity contribution < 1.29 is 23.7 Å². The number of fused-ring (bicyclic) bond motifs is 3. The number of ether oxygens (including phenoxy) is 4. The monoisotopic (exact) mass is 492 g/mol. The minimum absolute atomic E-state index is 0.135. The third-order valence-electron chi connectivity index (χ3n) is 5.68. The van der Waals surface area contributed by atoms with Crippen LogP contribution in [0.2, 0.25) is 5.02 Å². The maximum atomic E-state index is 12.9. The zero-order valence-electron chi connectivity index (χ0n) is 19.1. The molecule has 0 N–H and O–H groups in total. The lowest BCUT2D eigenvalue weighted by Crippen LogP contribution is -2.32. The molecular weight excluding hydrogens is 468 g/mol. The first-order valence-corrected chi connectivity index (χ1v) is 11.8. The van der Waals surface area contributed by atoms with Gasteiger partial charge in [0, 0.05) is 24.3 Å². The molecular formula is C27H25ClN2O5. The van der Waals surface area contributed by atoms with E-state index in [0.29, 0.717) is 36.2 Å². The molecule has 0 saturated carbocycles. The van der Waals surface area contributed by atoms with Crippen LogP contribution in [0.3, 0.4) is 0 Å². The van der Waals surface area contributed by atoms with Crippen molar-refractivity contribution in [2.75, 3.05) is 33.2 Å². The Morgan fingerprint density at radius 3 is 2.54 bits per heavy atom. The maximum absolute atomic E-state index is 12.9. The highest BCUT2D eigenvalue weighted by Gasteiger charge is 2.33. The smallest absolute Gasteiger partial charge is 0.231 e. The first-order chi connectivity index (χ1) is 17.2. The molecule has 0 aliphatic carbocycles. The maximum Gasteiger partial charge on any atom is 0.231 e. The van der Waals surface area contributed by atoms with Gasteiger partial charge in [-0.15, -0.1) is 0 Å². The normalized spacial score (nSPS) is 18.1. The van der Waals surface area contributed by atoms with Crippen molar-refractivity contribution in [2.45, 2.75) is 13.1 Å². The Morgan fingerprint density at radius 2 is 1.83 bits per heavy atom. The molecule has 3 aliphatic heterocycles. The number of nitrogens with zero attached hydrogens (tertiary/aromatic N) is 2. The van der Waals surface area contributed by atoms with E-state index in [1.54, 1.807) is 30.5 Å². The number of carbonyl (C=O) groups excluding carboxylic acids is 1. The average Bonchev–Trinajstić information content (AvgIpc) is 3.21. The zero-order valence-corrected chi connectivity index (χ0v) is 19.9. The summed E-state index contributed by atoms with van der Waals surface area (Å²) in [6.07, 6.45) is 3.50. The zero-order chi connectivity index (χ0) is 24.0. The van der Waals surface area contributed by atoms with Gasteiger partial charge < -0.3 is 18.9 Å².